The molecule has 0 unspecified atom stereocenters. The summed E-state index contributed by atoms with van der Waals surface area (Å²) in [5.41, 5.74) is 0.971. The van der Waals surface area contributed by atoms with Crippen LogP contribution < -0.4 is 5.32 Å². The van der Waals surface area contributed by atoms with Crippen molar-refractivity contribution in [3.8, 4) is 0 Å². The maximum Gasteiger partial charge on any atom is 0.227 e. The third kappa shape index (κ3) is 4.89. The minimum absolute atomic E-state index is 0.216. The molecule has 128 valence electrons. The first-order valence-corrected chi connectivity index (χ1v) is 9.61. The van der Waals surface area contributed by atoms with Crippen LogP contribution in [0.4, 0.5) is 4.39 Å². The number of carbonyl (C=O) groups excluding carboxylic acids is 1. The Morgan fingerprint density at radius 1 is 1.08 bits per heavy atom. The third-order valence-electron chi connectivity index (χ3n) is 3.75. The summed E-state index contributed by atoms with van der Waals surface area (Å²) in [7, 11) is -3.30. The first kappa shape index (κ1) is 18.1. The maximum atomic E-state index is 13.9. The van der Waals surface area contributed by atoms with Gasteiger partial charge >= 0.3 is 0 Å². The second-order valence-electron chi connectivity index (χ2n) is 5.81. The largest absolute Gasteiger partial charge is 0.348 e. The summed E-state index contributed by atoms with van der Waals surface area (Å²) in [5, 5.41) is 2.73. The monoisotopic (exact) mass is 349 g/mol. The zero-order valence-electron chi connectivity index (χ0n) is 13.6. The lowest BCUT2D eigenvalue weighted by molar-refractivity contribution is -0.122. The zero-order valence-corrected chi connectivity index (χ0v) is 14.4. The Kier molecular flexibility index (Phi) is 5.72. The summed E-state index contributed by atoms with van der Waals surface area (Å²) in [5.74, 6) is -1.82. The van der Waals surface area contributed by atoms with Crippen molar-refractivity contribution in [2.45, 2.75) is 18.9 Å². The lowest BCUT2D eigenvalue weighted by Gasteiger charge is -2.21. The number of rotatable bonds is 6. The molecule has 0 aliphatic heterocycles. The number of hydrogen-bond donors (Lipinski definition) is 1. The van der Waals surface area contributed by atoms with Gasteiger partial charge in [-0.15, -0.1) is 0 Å². The highest BCUT2D eigenvalue weighted by Gasteiger charge is 2.24. The summed E-state index contributed by atoms with van der Waals surface area (Å²) in [6.07, 6.45) is 1.12. The van der Waals surface area contributed by atoms with Crippen LogP contribution in [0.5, 0.6) is 0 Å². The van der Waals surface area contributed by atoms with Crippen LogP contribution in [-0.4, -0.2) is 26.3 Å². The van der Waals surface area contributed by atoms with Gasteiger partial charge in [-0.25, -0.2) is 12.8 Å². The van der Waals surface area contributed by atoms with Crippen molar-refractivity contribution in [2.24, 2.45) is 0 Å². The van der Waals surface area contributed by atoms with Crippen molar-refractivity contribution >= 4 is 15.7 Å². The maximum absolute atomic E-state index is 13.9. The van der Waals surface area contributed by atoms with Gasteiger partial charge in [-0.05, 0) is 24.1 Å². The standard InChI is InChI=1S/C18H20FNO3S/c1-13(15-10-6-7-11-16(15)19)18(21)20-17(12-24(2,22)23)14-8-4-3-5-9-14/h3-11,13,17H,12H2,1-2H3,(H,20,21)/t13-,17+/m1/s1. The van der Waals surface area contributed by atoms with Gasteiger partial charge in [0.1, 0.15) is 15.7 Å². The Morgan fingerprint density at radius 2 is 1.67 bits per heavy atom. The quantitative estimate of drug-likeness (QED) is 0.872. The smallest absolute Gasteiger partial charge is 0.227 e. The van der Waals surface area contributed by atoms with Crippen LogP contribution in [0.15, 0.2) is 54.6 Å². The molecule has 0 saturated heterocycles. The molecule has 2 atom stereocenters. The number of amides is 1. The molecule has 0 aliphatic carbocycles. The van der Waals surface area contributed by atoms with Crippen LogP contribution in [0, 0.1) is 5.82 Å². The van der Waals surface area contributed by atoms with Gasteiger partial charge in [0.15, 0.2) is 0 Å². The highest BCUT2D eigenvalue weighted by Crippen LogP contribution is 2.21. The van der Waals surface area contributed by atoms with Crippen molar-refractivity contribution in [1.29, 1.82) is 0 Å². The van der Waals surface area contributed by atoms with E-state index >= 15 is 0 Å². The Bertz CT molecular complexity index is 806. The van der Waals surface area contributed by atoms with Gasteiger partial charge in [0, 0.05) is 6.26 Å². The van der Waals surface area contributed by atoms with Crippen LogP contribution in [0.2, 0.25) is 0 Å². The van der Waals surface area contributed by atoms with E-state index in [2.05, 4.69) is 5.32 Å². The van der Waals surface area contributed by atoms with Crippen LogP contribution >= 0.6 is 0 Å². The van der Waals surface area contributed by atoms with Gasteiger partial charge in [-0.2, -0.15) is 0 Å². The Hall–Kier alpha value is -2.21. The first-order valence-electron chi connectivity index (χ1n) is 7.55. The molecule has 4 nitrogen and oxygen atoms in total. The summed E-state index contributed by atoms with van der Waals surface area (Å²) in [6, 6.07) is 14.3. The molecule has 0 aromatic heterocycles. The van der Waals surface area contributed by atoms with Crippen LogP contribution in [0.1, 0.15) is 30.0 Å². The van der Waals surface area contributed by atoms with Crippen molar-refractivity contribution < 1.29 is 17.6 Å². The number of benzene rings is 2. The molecule has 0 fully saturated rings. The van der Waals surface area contributed by atoms with Crippen LogP contribution in [-0.2, 0) is 14.6 Å². The lowest BCUT2D eigenvalue weighted by Crippen LogP contribution is -2.35. The molecule has 6 heteroatoms. The number of nitrogens with one attached hydrogen (secondary N) is 1. The molecular weight excluding hydrogens is 329 g/mol. The molecule has 24 heavy (non-hydrogen) atoms. The molecule has 2 aromatic carbocycles. The Balaban J connectivity index is 2.23. The van der Waals surface area contributed by atoms with Crippen molar-refractivity contribution in [2.75, 3.05) is 12.0 Å². The average molecular weight is 349 g/mol. The summed E-state index contributed by atoms with van der Waals surface area (Å²) in [4.78, 5) is 12.5. The lowest BCUT2D eigenvalue weighted by atomic mass is 9.99. The van der Waals surface area contributed by atoms with E-state index in [0.29, 0.717) is 5.56 Å². The predicted molar refractivity (Wildman–Crippen MR) is 91.9 cm³/mol. The van der Waals surface area contributed by atoms with Crippen molar-refractivity contribution in [3.05, 3.63) is 71.5 Å². The van der Waals surface area contributed by atoms with E-state index in [9.17, 15) is 17.6 Å². The van der Waals surface area contributed by atoms with Crippen molar-refractivity contribution in [1.82, 2.24) is 5.32 Å². The van der Waals surface area contributed by atoms with E-state index in [1.807, 2.05) is 6.07 Å². The van der Waals surface area contributed by atoms with Gasteiger partial charge < -0.3 is 5.32 Å². The molecule has 2 rings (SSSR count). The molecule has 0 radical (unpaired) electrons. The van der Waals surface area contributed by atoms with E-state index in [4.69, 9.17) is 0 Å². The molecular formula is C18H20FNO3S. The van der Waals surface area contributed by atoms with Crippen LogP contribution in [0.25, 0.3) is 0 Å². The summed E-state index contributed by atoms with van der Waals surface area (Å²) >= 11 is 0. The van der Waals surface area contributed by atoms with Gasteiger partial charge in [0.2, 0.25) is 5.91 Å². The summed E-state index contributed by atoms with van der Waals surface area (Å²) < 4.78 is 37.2. The first-order chi connectivity index (χ1) is 11.3. The molecule has 0 spiro atoms. The van der Waals surface area contributed by atoms with Gasteiger partial charge in [0.05, 0.1) is 17.7 Å². The topological polar surface area (TPSA) is 63.2 Å². The van der Waals surface area contributed by atoms with Gasteiger partial charge in [-0.1, -0.05) is 48.5 Å². The zero-order chi connectivity index (χ0) is 17.7. The highest BCUT2D eigenvalue weighted by atomic mass is 32.2. The van der Waals surface area contributed by atoms with Gasteiger partial charge in [0.25, 0.3) is 0 Å². The normalized spacial score (nSPS) is 14.0. The fourth-order valence-electron chi connectivity index (χ4n) is 2.47. The highest BCUT2D eigenvalue weighted by molar-refractivity contribution is 7.90. The van der Waals surface area contributed by atoms with E-state index in [1.165, 1.54) is 6.07 Å². The van der Waals surface area contributed by atoms with E-state index in [0.717, 1.165) is 6.26 Å². The molecule has 1 amide bonds. The third-order valence-corrected chi connectivity index (χ3v) is 4.69. The Morgan fingerprint density at radius 3 is 2.25 bits per heavy atom. The number of carbonyl (C=O) groups is 1. The number of sulfone groups is 1. The Labute approximate surface area is 141 Å². The van der Waals surface area contributed by atoms with E-state index < -0.39 is 33.5 Å². The fourth-order valence-corrected chi connectivity index (χ4v) is 3.35. The second kappa shape index (κ2) is 7.57. The molecule has 1 N–H and O–H groups in total. The minimum atomic E-state index is -3.30. The molecule has 0 saturated carbocycles. The SMILES string of the molecule is C[C@@H](C(=O)N[C@@H](CS(C)(=O)=O)c1ccccc1)c1ccccc1F. The predicted octanol–water partition coefficient (Wildman–Crippen LogP) is 2.83. The molecule has 0 heterocycles. The molecule has 0 bridgehead atoms. The second-order valence-corrected chi connectivity index (χ2v) is 7.99. The van der Waals surface area contributed by atoms with Crippen LogP contribution in [0.3, 0.4) is 0 Å². The van der Waals surface area contributed by atoms with E-state index in [1.54, 1.807) is 49.4 Å². The minimum Gasteiger partial charge on any atom is -0.348 e. The van der Waals surface area contributed by atoms with Gasteiger partial charge in [-0.3, -0.25) is 4.79 Å². The fraction of sp³-hybridized carbons (Fsp3) is 0.278. The number of hydrogen-bond acceptors (Lipinski definition) is 3. The number of halogens is 1. The average Bonchev–Trinajstić information content (AvgIpc) is 2.53. The molecule has 0 aliphatic rings. The van der Waals surface area contributed by atoms with E-state index in [-0.39, 0.29) is 11.3 Å². The summed E-state index contributed by atoms with van der Waals surface area (Å²) in [6.45, 7) is 1.59. The van der Waals surface area contributed by atoms with Crippen molar-refractivity contribution in [3.63, 3.8) is 0 Å². The molecule has 2 aromatic rings.